The minimum atomic E-state index is -0.697. The molecular formula is C32H39N3O4. The van der Waals surface area contributed by atoms with Crippen LogP contribution in [-0.2, 0) is 9.47 Å². The lowest BCUT2D eigenvalue weighted by atomic mass is 9.84. The van der Waals surface area contributed by atoms with Gasteiger partial charge in [0.25, 0.3) is 0 Å². The van der Waals surface area contributed by atoms with E-state index in [2.05, 4.69) is 27.9 Å². The number of aromatic amines is 1. The molecule has 2 fully saturated rings. The Balaban J connectivity index is 1.53. The van der Waals surface area contributed by atoms with Gasteiger partial charge in [-0.3, -0.25) is 19.4 Å². The Hall–Kier alpha value is -3.10. The van der Waals surface area contributed by atoms with Gasteiger partial charge in [0.05, 0.1) is 37.5 Å². The van der Waals surface area contributed by atoms with Gasteiger partial charge in [-0.05, 0) is 63.1 Å². The second-order valence-electron chi connectivity index (χ2n) is 11.0. The number of carbonyl (C=O) groups excluding carboxylic acids is 2. The highest BCUT2D eigenvalue weighted by molar-refractivity contribution is 6.14. The number of Topliss-reactive ketones (excluding diaryl/α,β-unsaturated/α-hetero) is 2. The lowest BCUT2D eigenvalue weighted by Crippen LogP contribution is -2.56. The normalized spacial score (nSPS) is 20.4. The summed E-state index contributed by atoms with van der Waals surface area (Å²) in [7, 11) is 0. The van der Waals surface area contributed by atoms with Gasteiger partial charge in [-0.15, -0.1) is 13.2 Å². The van der Waals surface area contributed by atoms with Crippen LogP contribution in [0.2, 0.25) is 0 Å². The maximum Gasteiger partial charge on any atom is 0.183 e. The number of rotatable bonds is 10. The Morgan fingerprint density at radius 2 is 1.15 bits per heavy atom. The van der Waals surface area contributed by atoms with Crippen molar-refractivity contribution in [3.8, 4) is 0 Å². The SMILES string of the molecule is C=CCC(C)(C(=O)c1ccc2[nH]c3ccc(C(=O)C(C)(CC=C)N4CCOCC4)cc3c2c1)N1CCOCC1. The summed E-state index contributed by atoms with van der Waals surface area (Å²) < 4.78 is 11.1. The molecule has 39 heavy (non-hydrogen) atoms. The van der Waals surface area contributed by atoms with Crippen molar-refractivity contribution in [3.05, 3.63) is 72.8 Å². The van der Waals surface area contributed by atoms with Crippen LogP contribution in [0.25, 0.3) is 21.8 Å². The number of ether oxygens (including phenoxy) is 2. The van der Waals surface area contributed by atoms with E-state index in [9.17, 15) is 9.59 Å². The average molecular weight is 530 g/mol. The lowest BCUT2D eigenvalue weighted by Gasteiger charge is -2.41. The molecule has 2 aliphatic rings. The molecule has 0 radical (unpaired) electrons. The van der Waals surface area contributed by atoms with Crippen molar-refractivity contribution in [2.45, 2.75) is 37.8 Å². The predicted octanol–water partition coefficient (Wildman–Crippen LogP) is 5.02. The van der Waals surface area contributed by atoms with E-state index < -0.39 is 11.1 Å². The first-order valence-electron chi connectivity index (χ1n) is 13.8. The molecular weight excluding hydrogens is 490 g/mol. The van der Waals surface area contributed by atoms with Crippen molar-refractivity contribution >= 4 is 33.4 Å². The van der Waals surface area contributed by atoms with Crippen LogP contribution >= 0.6 is 0 Å². The van der Waals surface area contributed by atoms with Crippen molar-refractivity contribution < 1.29 is 19.1 Å². The Morgan fingerprint density at radius 3 is 1.51 bits per heavy atom. The number of hydrogen-bond acceptors (Lipinski definition) is 6. The number of nitrogens with zero attached hydrogens (tertiary/aromatic N) is 2. The molecule has 1 aromatic heterocycles. The molecule has 0 aliphatic carbocycles. The first-order chi connectivity index (χ1) is 18.8. The van der Waals surface area contributed by atoms with Gasteiger partial charge in [-0.1, -0.05) is 12.2 Å². The third kappa shape index (κ3) is 5.00. The number of nitrogens with one attached hydrogen (secondary N) is 1. The first-order valence-corrected chi connectivity index (χ1v) is 13.8. The molecule has 5 rings (SSSR count). The average Bonchev–Trinajstić information content (AvgIpc) is 3.34. The molecule has 0 spiro atoms. The molecule has 206 valence electrons. The Bertz CT molecular complexity index is 1290. The van der Waals surface area contributed by atoms with Gasteiger partial charge in [-0.25, -0.2) is 0 Å². The Morgan fingerprint density at radius 1 is 0.769 bits per heavy atom. The Kier molecular flexibility index (Phi) is 7.87. The molecule has 3 aromatic rings. The number of morpholine rings is 2. The van der Waals surface area contributed by atoms with Crippen LogP contribution in [0, 0.1) is 0 Å². The topological polar surface area (TPSA) is 74.9 Å². The number of ketones is 2. The summed E-state index contributed by atoms with van der Waals surface area (Å²) in [5.74, 6) is 0.136. The quantitative estimate of drug-likeness (QED) is 0.294. The molecule has 2 aliphatic heterocycles. The maximum absolute atomic E-state index is 14.0. The van der Waals surface area contributed by atoms with Gasteiger partial charge in [0.15, 0.2) is 11.6 Å². The van der Waals surface area contributed by atoms with Gasteiger partial charge in [0.2, 0.25) is 0 Å². The van der Waals surface area contributed by atoms with E-state index >= 15 is 0 Å². The van der Waals surface area contributed by atoms with Crippen LogP contribution in [0.1, 0.15) is 47.4 Å². The summed E-state index contributed by atoms with van der Waals surface area (Å²) in [4.78, 5) is 35.9. The van der Waals surface area contributed by atoms with Crippen LogP contribution in [0.5, 0.6) is 0 Å². The van der Waals surface area contributed by atoms with Crippen LogP contribution in [0.15, 0.2) is 61.7 Å². The fourth-order valence-corrected chi connectivity index (χ4v) is 6.21. The zero-order valence-electron chi connectivity index (χ0n) is 23.1. The smallest absolute Gasteiger partial charge is 0.183 e. The first kappa shape index (κ1) is 27.5. The standard InChI is InChI=1S/C32H39N3O4/c1-5-11-31(3,34-13-17-38-18-14-34)29(36)23-7-9-27-25(21-23)26-22-24(8-10-28(26)33-27)30(37)32(4,12-6-2)35-15-19-39-20-16-35/h5-10,21-22,33H,1-2,11-20H2,3-4H3. The van der Waals surface area contributed by atoms with Crippen molar-refractivity contribution in [1.29, 1.82) is 0 Å². The third-order valence-corrected chi connectivity index (χ3v) is 8.60. The van der Waals surface area contributed by atoms with Gasteiger partial charge in [-0.2, -0.15) is 0 Å². The summed E-state index contributed by atoms with van der Waals surface area (Å²) >= 11 is 0. The maximum atomic E-state index is 14.0. The summed E-state index contributed by atoms with van der Waals surface area (Å²) in [5.41, 5.74) is 1.78. The zero-order valence-corrected chi connectivity index (χ0v) is 23.1. The number of H-pyrrole nitrogens is 1. The van der Waals surface area contributed by atoms with Gasteiger partial charge >= 0.3 is 0 Å². The van der Waals surface area contributed by atoms with E-state index in [1.807, 2.05) is 62.4 Å². The van der Waals surface area contributed by atoms with Crippen LogP contribution in [0.3, 0.4) is 0 Å². The van der Waals surface area contributed by atoms with Crippen molar-refractivity contribution in [3.63, 3.8) is 0 Å². The molecule has 3 heterocycles. The third-order valence-electron chi connectivity index (χ3n) is 8.60. The fraction of sp³-hybridized carbons (Fsp3) is 0.438. The molecule has 2 saturated heterocycles. The molecule has 7 heteroatoms. The van der Waals surface area contributed by atoms with Gasteiger partial charge < -0.3 is 14.5 Å². The highest BCUT2D eigenvalue weighted by atomic mass is 16.5. The Labute approximate surface area is 230 Å². The number of hydrogen-bond donors (Lipinski definition) is 1. The molecule has 2 unspecified atom stereocenters. The number of carbonyl (C=O) groups is 2. The second kappa shape index (κ2) is 11.2. The molecule has 0 saturated carbocycles. The van der Waals surface area contributed by atoms with E-state index in [1.165, 1.54) is 0 Å². The van der Waals surface area contributed by atoms with E-state index in [0.29, 0.717) is 76.6 Å². The van der Waals surface area contributed by atoms with Crippen molar-refractivity contribution in [2.24, 2.45) is 0 Å². The van der Waals surface area contributed by atoms with E-state index in [1.54, 1.807) is 0 Å². The summed E-state index contributed by atoms with van der Waals surface area (Å²) in [6, 6.07) is 11.7. The fourth-order valence-electron chi connectivity index (χ4n) is 6.21. The minimum Gasteiger partial charge on any atom is -0.379 e. The predicted molar refractivity (Wildman–Crippen MR) is 156 cm³/mol. The molecule has 0 bridgehead atoms. The summed E-state index contributed by atoms with van der Waals surface area (Å²) in [5, 5.41) is 1.87. The number of fused-ring (bicyclic) bond motifs is 3. The van der Waals surface area contributed by atoms with E-state index in [-0.39, 0.29) is 11.6 Å². The summed E-state index contributed by atoms with van der Waals surface area (Å²) in [6.07, 6.45) is 4.76. The van der Waals surface area contributed by atoms with Crippen LogP contribution in [-0.4, -0.2) is 90.0 Å². The van der Waals surface area contributed by atoms with Gasteiger partial charge in [0.1, 0.15) is 0 Å². The molecule has 7 nitrogen and oxygen atoms in total. The minimum absolute atomic E-state index is 0.0682. The summed E-state index contributed by atoms with van der Waals surface area (Å²) in [6.45, 7) is 17.2. The molecule has 2 aromatic carbocycles. The highest BCUT2D eigenvalue weighted by Gasteiger charge is 2.41. The number of aromatic nitrogens is 1. The molecule has 0 amide bonds. The van der Waals surface area contributed by atoms with Crippen LogP contribution < -0.4 is 0 Å². The monoisotopic (exact) mass is 529 g/mol. The van der Waals surface area contributed by atoms with Crippen molar-refractivity contribution in [2.75, 3.05) is 52.6 Å². The van der Waals surface area contributed by atoms with Crippen LogP contribution in [0.4, 0.5) is 0 Å². The van der Waals surface area contributed by atoms with E-state index in [0.717, 1.165) is 21.8 Å². The highest BCUT2D eigenvalue weighted by Crippen LogP contribution is 2.33. The second-order valence-corrected chi connectivity index (χ2v) is 11.0. The van der Waals surface area contributed by atoms with E-state index in [4.69, 9.17) is 9.47 Å². The lowest BCUT2D eigenvalue weighted by molar-refractivity contribution is -0.00885. The zero-order chi connectivity index (χ0) is 27.6. The molecule has 1 N–H and O–H groups in total. The van der Waals surface area contributed by atoms with Gasteiger partial charge in [0, 0.05) is 59.1 Å². The largest absolute Gasteiger partial charge is 0.379 e. The van der Waals surface area contributed by atoms with Crippen molar-refractivity contribution in [1.82, 2.24) is 14.8 Å². The molecule has 2 atom stereocenters. The number of benzene rings is 2.